The first-order valence-electron chi connectivity index (χ1n) is 6.81. The van der Waals surface area contributed by atoms with Crippen molar-refractivity contribution in [1.29, 1.82) is 0 Å². The largest absolute Gasteiger partial charge is 0.313 e. The highest BCUT2D eigenvalue weighted by atomic mass is 32.1. The summed E-state index contributed by atoms with van der Waals surface area (Å²) in [5.41, 5.74) is 2.91. The molecule has 1 aromatic heterocycles. The average molecular weight is 272 g/mol. The van der Waals surface area contributed by atoms with Gasteiger partial charge in [0.2, 0.25) is 0 Å². The third kappa shape index (κ3) is 2.59. The van der Waals surface area contributed by atoms with Crippen molar-refractivity contribution in [3.8, 4) is 0 Å². The molecule has 0 amide bonds. The molecule has 1 saturated heterocycles. The smallest absolute Gasteiger partial charge is 0.0561 e. The summed E-state index contributed by atoms with van der Waals surface area (Å²) in [5.74, 6) is 0. The van der Waals surface area contributed by atoms with Gasteiger partial charge in [-0.2, -0.15) is 11.3 Å². The van der Waals surface area contributed by atoms with Gasteiger partial charge in [0.1, 0.15) is 0 Å². The lowest BCUT2D eigenvalue weighted by atomic mass is 9.88. The van der Waals surface area contributed by atoms with E-state index < -0.39 is 0 Å². The summed E-state index contributed by atoms with van der Waals surface area (Å²) in [6.45, 7) is 6.58. The molecule has 3 heteroatoms. The Morgan fingerprint density at radius 1 is 1.26 bits per heavy atom. The van der Waals surface area contributed by atoms with Crippen molar-refractivity contribution < 1.29 is 0 Å². The molecule has 0 spiro atoms. The van der Waals surface area contributed by atoms with Crippen molar-refractivity contribution in [2.75, 3.05) is 19.6 Å². The summed E-state index contributed by atoms with van der Waals surface area (Å²) in [7, 11) is 0. The molecule has 1 unspecified atom stereocenters. The third-order valence-electron chi connectivity index (χ3n) is 4.07. The predicted octanol–water partition coefficient (Wildman–Crippen LogP) is 3.07. The molecule has 100 valence electrons. The van der Waals surface area contributed by atoms with Gasteiger partial charge in [-0.15, -0.1) is 0 Å². The van der Waals surface area contributed by atoms with Crippen LogP contribution >= 0.6 is 11.3 Å². The van der Waals surface area contributed by atoms with Crippen LogP contribution in [0.1, 0.15) is 18.1 Å². The van der Waals surface area contributed by atoms with Crippen molar-refractivity contribution in [2.24, 2.45) is 0 Å². The Morgan fingerprint density at radius 3 is 2.84 bits per heavy atom. The summed E-state index contributed by atoms with van der Waals surface area (Å²) in [5, 5.41) is 7.97. The Labute approximate surface area is 119 Å². The maximum Gasteiger partial charge on any atom is 0.0561 e. The molecule has 2 aromatic rings. The molecule has 3 rings (SSSR count). The monoisotopic (exact) mass is 272 g/mol. The Kier molecular flexibility index (Phi) is 3.69. The van der Waals surface area contributed by atoms with Crippen molar-refractivity contribution >= 4 is 11.3 Å². The Bertz CT molecular complexity index is 509. The zero-order valence-corrected chi connectivity index (χ0v) is 12.1. The first-order chi connectivity index (χ1) is 9.29. The van der Waals surface area contributed by atoms with Gasteiger partial charge in [-0.3, -0.25) is 4.90 Å². The van der Waals surface area contributed by atoms with E-state index in [0.29, 0.717) is 0 Å². The second-order valence-electron chi connectivity index (χ2n) is 5.37. The SMILES string of the molecule is CC1(c2ccccc2)CNCCN1Cc1ccsc1. The summed E-state index contributed by atoms with van der Waals surface area (Å²) >= 11 is 1.78. The van der Waals surface area contributed by atoms with Crippen LogP contribution in [-0.2, 0) is 12.1 Å². The molecule has 0 radical (unpaired) electrons. The number of thiophene rings is 1. The molecule has 1 fully saturated rings. The molecule has 0 saturated carbocycles. The van der Waals surface area contributed by atoms with Gasteiger partial charge in [0.15, 0.2) is 0 Å². The fourth-order valence-corrected chi connectivity index (χ4v) is 3.50. The summed E-state index contributed by atoms with van der Waals surface area (Å²) < 4.78 is 0. The predicted molar refractivity (Wildman–Crippen MR) is 81.4 cm³/mol. The minimum atomic E-state index is 0.0848. The van der Waals surface area contributed by atoms with Crippen LogP contribution in [0, 0.1) is 0 Å². The standard InChI is InChI=1S/C16H20N2S/c1-16(15-5-3-2-4-6-15)13-17-8-9-18(16)11-14-7-10-19-12-14/h2-7,10,12,17H,8-9,11,13H2,1H3. The highest BCUT2D eigenvalue weighted by Gasteiger charge is 2.35. The summed E-state index contributed by atoms with van der Waals surface area (Å²) in [6.07, 6.45) is 0. The third-order valence-corrected chi connectivity index (χ3v) is 4.81. The molecular weight excluding hydrogens is 252 g/mol. The molecular formula is C16H20N2S. The number of hydrogen-bond acceptors (Lipinski definition) is 3. The fraction of sp³-hybridized carbons (Fsp3) is 0.375. The topological polar surface area (TPSA) is 15.3 Å². The van der Waals surface area contributed by atoms with Crippen molar-refractivity contribution in [2.45, 2.75) is 19.0 Å². The number of hydrogen-bond donors (Lipinski definition) is 1. The zero-order chi connectivity index (χ0) is 13.1. The van der Waals surface area contributed by atoms with E-state index in [2.05, 4.69) is 64.3 Å². The molecule has 1 atom stereocenters. The quantitative estimate of drug-likeness (QED) is 0.924. The lowest BCUT2D eigenvalue weighted by Crippen LogP contribution is -2.56. The highest BCUT2D eigenvalue weighted by molar-refractivity contribution is 7.07. The number of nitrogens with one attached hydrogen (secondary N) is 1. The summed E-state index contributed by atoms with van der Waals surface area (Å²) in [4.78, 5) is 2.60. The Morgan fingerprint density at radius 2 is 2.11 bits per heavy atom. The fourth-order valence-electron chi connectivity index (χ4n) is 2.84. The zero-order valence-electron chi connectivity index (χ0n) is 11.3. The molecule has 1 aromatic carbocycles. The van der Waals surface area contributed by atoms with Gasteiger partial charge in [0.25, 0.3) is 0 Å². The maximum absolute atomic E-state index is 3.54. The second-order valence-corrected chi connectivity index (χ2v) is 6.15. The van der Waals surface area contributed by atoms with E-state index in [1.807, 2.05) is 0 Å². The van der Waals surface area contributed by atoms with Gasteiger partial charge in [-0.1, -0.05) is 30.3 Å². The highest BCUT2D eigenvalue weighted by Crippen LogP contribution is 2.31. The van der Waals surface area contributed by atoms with E-state index in [9.17, 15) is 0 Å². The van der Waals surface area contributed by atoms with E-state index in [-0.39, 0.29) is 5.54 Å². The van der Waals surface area contributed by atoms with Gasteiger partial charge in [0.05, 0.1) is 5.54 Å². The van der Waals surface area contributed by atoms with Gasteiger partial charge in [-0.05, 0) is 34.9 Å². The average Bonchev–Trinajstić information content (AvgIpc) is 2.96. The first kappa shape index (κ1) is 12.9. The van der Waals surface area contributed by atoms with Crippen LogP contribution in [0.2, 0.25) is 0 Å². The molecule has 1 N–H and O–H groups in total. The Balaban J connectivity index is 1.88. The first-order valence-corrected chi connectivity index (χ1v) is 7.76. The minimum Gasteiger partial charge on any atom is -0.313 e. The number of rotatable bonds is 3. The van der Waals surface area contributed by atoms with E-state index in [1.165, 1.54) is 11.1 Å². The second kappa shape index (κ2) is 5.45. The number of nitrogens with zero attached hydrogens (tertiary/aromatic N) is 1. The van der Waals surface area contributed by atoms with Crippen LogP contribution in [0.25, 0.3) is 0 Å². The lowest BCUT2D eigenvalue weighted by molar-refractivity contribution is 0.0651. The van der Waals surface area contributed by atoms with Crippen LogP contribution in [0.15, 0.2) is 47.2 Å². The van der Waals surface area contributed by atoms with E-state index >= 15 is 0 Å². The van der Waals surface area contributed by atoms with Crippen molar-refractivity contribution in [1.82, 2.24) is 10.2 Å². The van der Waals surface area contributed by atoms with Crippen molar-refractivity contribution in [3.05, 3.63) is 58.3 Å². The molecule has 0 aliphatic carbocycles. The van der Waals surface area contributed by atoms with E-state index in [0.717, 1.165) is 26.2 Å². The number of benzene rings is 1. The van der Waals surface area contributed by atoms with Crippen LogP contribution in [0.5, 0.6) is 0 Å². The van der Waals surface area contributed by atoms with Gasteiger partial charge in [-0.25, -0.2) is 0 Å². The molecule has 2 nitrogen and oxygen atoms in total. The van der Waals surface area contributed by atoms with Gasteiger partial charge >= 0.3 is 0 Å². The minimum absolute atomic E-state index is 0.0848. The van der Waals surface area contributed by atoms with Crippen LogP contribution in [0.3, 0.4) is 0 Å². The van der Waals surface area contributed by atoms with Crippen LogP contribution < -0.4 is 5.32 Å². The van der Waals surface area contributed by atoms with Gasteiger partial charge < -0.3 is 5.32 Å². The summed E-state index contributed by atoms with van der Waals surface area (Å²) in [6, 6.07) is 13.1. The molecule has 1 aliphatic rings. The normalized spacial score (nSPS) is 24.5. The Hall–Kier alpha value is -1.16. The van der Waals surface area contributed by atoms with E-state index in [4.69, 9.17) is 0 Å². The lowest BCUT2D eigenvalue weighted by Gasteiger charge is -2.45. The van der Waals surface area contributed by atoms with Crippen LogP contribution in [-0.4, -0.2) is 24.5 Å². The molecule has 2 heterocycles. The van der Waals surface area contributed by atoms with Gasteiger partial charge in [0, 0.05) is 26.2 Å². The number of piperazine rings is 1. The molecule has 0 bridgehead atoms. The van der Waals surface area contributed by atoms with E-state index in [1.54, 1.807) is 11.3 Å². The van der Waals surface area contributed by atoms with Crippen molar-refractivity contribution in [3.63, 3.8) is 0 Å². The maximum atomic E-state index is 3.54. The van der Waals surface area contributed by atoms with Crippen LogP contribution in [0.4, 0.5) is 0 Å². The molecule has 1 aliphatic heterocycles. The molecule has 19 heavy (non-hydrogen) atoms.